The van der Waals surface area contributed by atoms with Crippen molar-refractivity contribution in [2.24, 2.45) is 23.7 Å². The van der Waals surface area contributed by atoms with E-state index in [0.717, 1.165) is 54.4 Å². The molecule has 0 unspecified atom stereocenters. The second-order valence-corrected chi connectivity index (χ2v) is 11.2. The summed E-state index contributed by atoms with van der Waals surface area (Å²) in [5.74, 6) is -1.45. The third-order valence-electron chi connectivity index (χ3n) is 8.44. The molecule has 1 heterocycles. The summed E-state index contributed by atoms with van der Waals surface area (Å²) < 4.78 is 0. The van der Waals surface area contributed by atoms with Crippen LogP contribution in [0.2, 0.25) is 0 Å². The van der Waals surface area contributed by atoms with Crippen LogP contribution in [0.4, 0.5) is 0 Å². The van der Waals surface area contributed by atoms with E-state index < -0.39 is 23.9 Å². The predicted molar refractivity (Wildman–Crippen MR) is 140 cm³/mol. The third kappa shape index (κ3) is 5.30. The second kappa shape index (κ2) is 11.3. The van der Waals surface area contributed by atoms with Crippen LogP contribution < -0.4 is 0 Å². The van der Waals surface area contributed by atoms with Gasteiger partial charge in [0.25, 0.3) is 0 Å². The van der Waals surface area contributed by atoms with Gasteiger partial charge in [-0.15, -0.1) is 0 Å². The maximum Gasteiger partial charge on any atom is 0.234 e. The molecule has 2 amide bonds. The SMILES string of the molecule is C/C(=C\c1cccc(O)c1)CC[C@@H](O)C1=C(C(C)C)C[C@H]2C(=O)N(C3CCCCC3)C(=O)[C@H]2[C@H]1CO. The zero-order valence-corrected chi connectivity index (χ0v) is 21.8. The van der Waals surface area contributed by atoms with Gasteiger partial charge in [-0.1, -0.05) is 62.5 Å². The highest BCUT2D eigenvalue weighted by atomic mass is 16.3. The molecule has 3 N–H and O–H groups in total. The van der Waals surface area contributed by atoms with Crippen LogP contribution in [0.1, 0.15) is 77.7 Å². The number of aliphatic hydroxyl groups is 2. The van der Waals surface area contributed by atoms with Crippen LogP contribution in [0.25, 0.3) is 6.08 Å². The van der Waals surface area contributed by atoms with Crippen LogP contribution in [0.5, 0.6) is 5.75 Å². The van der Waals surface area contributed by atoms with Crippen LogP contribution in [-0.2, 0) is 9.59 Å². The molecule has 2 fully saturated rings. The number of imide groups is 1. The Kier molecular flexibility index (Phi) is 8.36. The molecule has 4 atom stereocenters. The number of hydrogen-bond donors (Lipinski definition) is 3. The van der Waals surface area contributed by atoms with Crippen molar-refractivity contribution < 1.29 is 24.9 Å². The number of amides is 2. The summed E-state index contributed by atoms with van der Waals surface area (Å²) in [7, 11) is 0. The zero-order chi connectivity index (χ0) is 26.0. The highest BCUT2D eigenvalue weighted by Gasteiger charge is 2.56. The Labute approximate surface area is 214 Å². The van der Waals surface area contributed by atoms with Crippen LogP contribution >= 0.6 is 0 Å². The molecule has 3 aliphatic rings. The largest absolute Gasteiger partial charge is 0.508 e. The molecule has 6 heteroatoms. The minimum Gasteiger partial charge on any atom is -0.508 e. The fraction of sp³-hybridized carbons (Fsp3) is 0.600. The van der Waals surface area contributed by atoms with E-state index in [4.69, 9.17) is 0 Å². The van der Waals surface area contributed by atoms with Gasteiger partial charge in [-0.2, -0.15) is 0 Å². The monoisotopic (exact) mass is 495 g/mol. The summed E-state index contributed by atoms with van der Waals surface area (Å²) in [6.45, 7) is 5.86. The number of nitrogens with zero attached hydrogens (tertiary/aromatic N) is 1. The lowest BCUT2D eigenvalue weighted by atomic mass is 9.66. The van der Waals surface area contributed by atoms with Crippen LogP contribution in [0, 0.1) is 23.7 Å². The lowest BCUT2D eigenvalue weighted by Gasteiger charge is -2.38. The Morgan fingerprint density at radius 2 is 1.86 bits per heavy atom. The van der Waals surface area contributed by atoms with Crippen LogP contribution in [0.3, 0.4) is 0 Å². The molecule has 0 spiro atoms. The first kappa shape index (κ1) is 26.6. The van der Waals surface area contributed by atoms with Crippen molar-refractivity contribution in [3.63, 3.8) is 0 Å². The van der Waals surface area contributed by atoms with Gasteiger partial charge in [0.2, 0.25) is 11.8 Å². The van der Waals surface area contributed by atoms with Crippen molar-refractivity contribution in [2.75, 3.05) is 6.61 Å². The molecule has 0 radical (unpaired) electrons. The molecular weight excluding hydrogens is 454 g/mol. The summed E-state index contributed by atoms with van der Waals surface area (Å²) >= 11 is 0. The minimum atomic E-state index is -0.792. The maximum absolute atomic E-state index is 13.6. The van der Waals surface area contributed by atoms with Crippen molar-refractivity contribution in [3.05, 3.63) is 46.5 Å². The number of carbonyl (C=O) groups excluding carboxylic acids is 2. The predicted octanol–water partition coefficient (Wildman–Crippen LogP) is 4.84. The lowest BCUT2D eigenvalue weighted by Crippen LogP contribution is -2.42. The van der Waals surface area contributed by atoms with Crippen LogP contribution in [-0.4, -0.2) is 50.8 Å². The molecule has 4 rings (SSSR count). The van der Waals surface area contributed by atoms with Gasteiger partial charge in [-0.05, 0) is 68.2 Å². The average molecular weight is 496 g/mol. The Morgan fingerprint density at radius 1 is 1.14 bits per heavy atom. The standard InChI is InChI=1S/C30H41NO5/c1-18(2)23-16-24-28(30(36)31(29(24)35)21-9-5-4-6-10-21)25(17-32)27(23)26(34)13-12-19(3)14-20-8-7-11-22(33)15-20/h7-8,11,14-15,18,21,24-26,28,32-34H,4-6,9-10,12-13,16-17H2,1-3H3/b19-14+/t24-,25+,26-,28-/m1/s1. The van der Waals surface area contributed by atoms with Crippen molar-refractivity contribution in [1.29, 1.82) is 0 Å². The molecule has 1 aromatic carbocycles. The van der Waals surface area contributed by atoms with E-state index in [-0.39, 0.29) is 36.1 Å². The number of allylic oxidation sites excluding steroid dienone is 2. The zero-order valence-electron chi connectivity index (χ0n) is 21.8. The smallest absolute Gasteiger partial charge is 0.234 e. The molecule has 36 heavy (non-hydrogen) atoms. The van der Waals surface area contributed by atoms with Crippen molar-refractivity contribution in [1.82, 2.24) is 4.90 Å². The first-order valence-electron chi connectivity index (χ1n) is 13.6. The molecule has 1 aliphatic heterocycles. The fourth-order valence-electron chi connectivity index (χ4n) is 6.66. The van der Waals surface area contributed by atoms with E-state index >= 15 is 0 Å². The number of aromatic hydroxyl groups is 1. The van der Waals surface area contributed by atoms with E-state index in [1.165, 1.54) is 4.90 Å². The van der Waals surface area contributed by atoms with Gasteiger partial charge in [-0.3, -0.25) is 14.5 Å². The van der Waals surface area contributed by atoms with Gasteiger partial charge in [0.05, 0.1) is 24.5 Å². The van der Waals surface area contributed by atoms with E-state index in [9.17, 15) is 24.9 Å². The lowest BCUT2D eigenvalue weighted by molar-refractivity contribution is -0.143. The number of phenolic OH excluding ortho intramolecular Hbond substituents is 1. The molecule has 6 nitrogen and oxygen atoms in total. The Balaban J connectivity index is 1.56. The van der Waals surface area contributed by atoms with Gasteiger partial charge in [-0.25, -0.2) is 0 Å². The van der Waals surface area contributed by atoms with E-state index in [1.54, 1.807) is 18.2 Å². The van der Waals surface area contributed by atoms with E-state index in [0.29, 0.717) is 19.3 Å². The van der Waals surface area contributed by atoms with Crippen LogP contribution in [0.15, 0.2) is 41.0 Å². The Morgan fingerprint density at radius 3 is 2.50 bits per heavy atom. The van der Waals surface area contributed by atoms with Crippen molar-refractivity contribution in [3.8, 4) is 5.75 Å². The van der Waals surface area contributed by atoms with E-state index in [2.05, 4.69) is 13.8 Å². The number of benzene rings is 1. The summed E-state index contributed by atoms with van der Waals surface area (Å²) in [4.78, 5) is 28.6. The van der Waals surface area contributed by atoms with Crippen molar-refractivity contribution in [2.45, 2.75) is 84.3 Å². The Bertz CT molecular complexity index is 1040. The van der Waals surface area contributed by atoms with E-state index in [1.807, 2.05) is 19.1 Å². The van der Waals surface area contributed by atoms with Gasteiger partial charge < -0.3 is 15.3 Å². The quantitative estimate of drug-likeness (QED) is 0.354. The minimum absolute atomic E-state index is 0.0234. The number of carbonyl (C=O) groups is 2. The average Bonchev–Trinajstić information content (AvgIpc) is 3.11. The summed E-state index contributed by atoms with van der Waals surface area (Å²) in [6, 6.07) is 7.02. The highest BCUT2D eigenvalue weighted by molar-refractivity contribution is 6.06. The first-order chi connectivity index (χ1) is 17.2. The fourth-order valence-corrected chi connectivity index (χ4v) is 6.66. The number of hydrogen-bond acceptors (Lipinski definition) is 5. The summed E-state index contributed by atoms with van der Waals surface area (Å²) in [5, 5.41) is 31.6. The molecule has 2 aliphatic carbocycles. The topological polar surface area (TPSA) is 98.1 Å². The molecule has 0 aromatic heterocycles. The number of rotatable bonds is 8. The van der Waals surface area contributed by atoms with Gasteiger partial charge >= 0.3 is 0 Å². The number of fused-ring (bicyclic) bond motifs is 1. The molecule has 196 valence electrons. The van der Waals surface area contributed by atoms with Gasteiger partial charge in [0.15, 0.2) is 0 Å². The molecule has 1 saturated carbocycles. The van der Waals surface area contributed by atoms with Gasteiger partial charge in [0.1, 0.15) is 5.75 Å². The number of aliphatic hydroxyl groups excluding tert-OH is 2. The maximum atomic E-state index is 13.6. The normalized spacial score (nSPS) is 26.7. The molecule has 0 bridgehead atoms. The molecular formula is C30H41NO5. The highest BCUT2D eigenvalue weighted by Crippen LogP contribution is 2.49. The number of phenols is 1. The van der Waals surface area contributed by atoms with Gasteiger partial charge in [0, 0.05) is 12.0 Å². The molecule has 1 aromatic rings. The summed E-state index contributed by atoms with van der Waals surface area (Å²) in [6.07, 6.45) is 7.74. The summed E-state index contributed by atoms with van der Waals surface area (Å²) in [5.41, 5.74) is 3.75. The number of likely N-dealkylation sites (tertiary alicyclic amines) is 1. The first-order valence-corrected chi connectivity index (χ1v) is 13.6. The molecule has 1 saturated heterocycles. The second-order valence-electron chi connectivity index (χ2n) is 11.2. The Hall–Kier alpha value is -2.44. The van der Waals surface area contributed by atoms with Crippen molar-refractivity contribution >= 4 is 17.9 Å². The third-order valence-corrected chi connectivity index (χ3v) is 8.44.